The molecule has 1 aromatic rings. The number of carbonyl (C=O) groups is 2. The molecule has 0 radical (unpaired) electrons. The van der Waals surface area contributed by atoms with Crippen LogP contribution in [0.15, 0.2) is 24.3 Å². The highest BCUT2D eigenvalue weighted by atomic mass is 16.3. The lowest BCUT2D eigenvalue weighted by atomic mass is 10.0. The number of nitrogens with one attached hydrogen (secondary N) is 1. The standard InChI is InChI=1S/C12H16N2O3/c1-2-8-5-3-4-6-9(8)12(17)14-7-10(15)11(13)16/h3-6,10,15H,2,7H2,1H3,(H2,13,16)(H,14,17). The number of aliphatic hydroxyl groups is 1. The number of hydrogen-bond donors (Lipinski definition) is 3. The van der Waals surface area contributed by atoms with Crippen LogP contribution in [0.4, 0.5) is 0 Å². The molecular formula is C12H16N2O3. The summed E-state index contributed by atoms with van der Waals surface area (Å²) in [7, 11) is 0. The van der Waals surface area contributed by atoms with Crippen LogP contribution < -0.4 is 11.1 Å². The Morgan fingerprint density at radius 3 is 2.65 bits per heavy atom. The highest BCUT2D eigenvalue weighted by Crippen LogP contribution is 2.08. The second kappa shape index (κ2) is 6.00. The van der Waals surface area contributed by atoms with Gasteiger partial charge in [0.2, 0.25) is 5.91 Å². The molecule has 0 saturated heterocycles. The van der Waals surface area contributed by atoms with Crippen molar-refractivity contribution in [1.29, 1.82) is 0 Å². The fourth-order valence-corrected chi connectivity index (χ4v) is 1.44. The number of nitrogens with two attached hydrogens (primary N) is 1. The van der Waals surface area contributed by atoms with Gasteiger partial charge in [0, 0.05) is 5.56 Å². The Labute approximate surface area is 99.6 Å². The molecule has 0 bridgehead atoms. The fraction of sp³-hybridized carbons (Fsp3) is 0.333. The van der Waals surface area contributed by atoms with E-state index in [1.165, 1.54) is 0 Å². The average Bonchev–Trinajstić information content (AvgIpc) is 2.35. The Kier molecular flexibility index (Phi) is 4.66. The summed E-state index contributed by atoms with van der Waals surface area (Å²) >= 11 is 0. The average molecular weight is 236 g/mol. The Hall–Kier alpha value is -1.88. The fourth-order valence-electron chi connectivity index (χ4n) is 1.44. The molecule has 17 heavy (non-hydrogen) atoms. The minimum Gasteiger partial charge on any atom is -0.381 e. The number of rotatable bonds is 5. The van der Waals surface area contributed by atoms with E-state index in [1.807, 2.05) is 19.1 Å². The molecule has 0 aliphatic heterocycles. The summed E-state index contributed by atoms with van der Waals surface area (Å²) < 4.78 is 0. The first kappa shape index (κ1) is 13.2. The van der Waals surface area contributed by atoms with Gasteiger partial charge in [0.05, 0.1) is 6.54 Å². The molecule has 92 valence electrons. The van der Waals surface area contributed by atoms with Gasteiger partial charge in [0.25, 0.3) is 5.91 Å². The number of hydrogen-bond acceptors (Lipinski definition) is 3. The molecule has 1 atom stereocenters. The topological polar surface area (TPSA) is 92.4 Å². The molecule has 1 aromatic carbocycles. The van der Waals surface area contributed by atoms with Crippen molar-refractivity contribution in [2.24, 2.45) is 5.73 Å². The number of amides is 2. The zero-order valence-corrected chi connectivity index (χ0v) is 9.64. The Bertz CT molecular complexity index is 418. The van der Waals surface area contributed by atoms with Crippen LogP contribution in [0.3, 0.4) is 0 Å². The summed E-state index contributed by atoms with van der Waals surface area (Å²) in [6.07, 6.45) is -0.616. The molecular weight excluding hydrogens is 220 g/mol. The summed E-state index contributed by atoms with van der Waals surface area (Å²) in [4.78, 5) is 22.4. The monoisotopic (exact) mass is 236 g/mol. The van der Waals surface area contributed by atoms with Gasteiger partial charge in [-0.25, -0.2) is 0 Å². The Morgan fingerprint density at radius 1 is 1.41 bits per heavy atom. The summed E-state index contributed by atoms with van der Waals surface area (Å²) in [6.45, 7) is 1.77. The third-order valence-corrected chi connectivity index (χ3v) is 2.43. The van der Waals surface area contributed by atoms with E-state index in [0.717, 1.165) is 12.0 Å². The van der Waals surface area contributed by atoms with Gasteiger partial charge in [-0.2, -0.15) is 0 Å². The first-order valence-corrected chi connectivity index (χ1v) is 5.39. The Balaban J connectivity index is 2.67. The number of carbonyl (C=O) groups excluding carboxylic acids is 2. The normalized spacial score (nSPS) is 11.9. The number of primary amides is 1. The molecule has 5 heteroatoms. The third-order valence-electron chi connectivity index (χ3n) is 2.43. The summed E-state index contributed by atoms with van der Waals surface area (Å²) in [5.74, 6) is -1.17. The molecule has 0 aliphatic rings. The van der Waals surface area contributed by atoms with Gasteiger partial charge in [-0.3, -0.25) is 9.59 Å². The number of aliphatic hydroxyl groups excluding tert-OH is 1. The van der Waals surface area contributed by atoms with Crippen molar-refractivity contribution in [3.63, 3.8) is 0 Å². The molecule has 5 nitrogen and oxygen atoms in total. The van der Waals surface area contributed by atoms with Crippen LogP contribution in [0, 0.1) is 0 Å². The second-order valence-corrected chi connectivity index (χ2v) is 3.64. The van der Waals surface area contributed by atoms with Crippen LogP contribution in [-0.4, -0.2) is 29.6 Å². The summed E-state index contributed by atoms with van der Waals surface area (Å²) in [5.41, 5.74) is 6.34. The first-order chi connectivity index (χ1) is 8.06. The van der Waals surface area contributed by atoms with Crippen molar-refractivity contribution in [3.8, 4) is 0 Å². The molecule has 1 rings (SSSR count). The molecule has 0 heterocycles. The van der Waals surface area contributed by atoms with Gasteiger partial charge in [-0.1, -0.05) is 25.1 Å². The highest BCUT2D eigenvalue weighted by molar-refractivity contribution is 5.96. The second-order valence-electron chi connectivity index (χ2n) is 3.64. The van der Waals surface area contributed by atoms with Crippen molar-refractivity contribution in [2.45, 2.75) is 19.4 Å². The van der Waals surface area contributed by atoms with E-state index in [9.17, 15) is 9.59 Å². The zero-order valence-electron chi connectivity index (χ0n) is 9.64. The predicted octanol–water partition coefficient (Wildman–Crippen LogP) is -0.175. The van der Waals surface area contributed by atoms with Gasteiger partial charge < -0.3 is 16.2 Å². The lowest BCUT2D eigenvalue weighted by Crippen LogP contribution is -2.40. The Morgan fingerprint density at radius 2 is 2.06 bits per heavy atom. The molecule has 0 fully saturated rings. The van der Waals surface area contributed by atoms with Gasteiger partial charge >= 0.3 is 0 Å². The van der Waals surface area contributed by atoms with E-state index >= 15 is 0 Å². The van der Waals surface area contributed by atoms with Gasteiger partial charge in [0.1, 0.15) is 6.10 Å². The van der Waals surface area contributed by atoms with Crippen molar-refractivity contribution < 1.29 is 14.7 Å². The van der Waals surface area contributed by atoms with Crippen molar-refractivity contribution in [1.82, 2.24) is 5.32 Å². The van der Waals surface area contributed by atoms with Gasteiger partial charge in [-0.15, -0.1) is 0 Å². The molecule has 0 spiro atoms. The first-order valence-electron chi connectivity index (χ1n) is 5.39. The zero-order chi connectivity index (χ0) is 12.8. The van der Waals surface area contributed by atoms with E-state index in [-0.39, 0.29) is 12.5 Å². The van der Waals surface area contributed by atoms with Crippen LogP contribution in [0.5, 0.6) is 0 Å². The van der Waals surface area contributed by atoms with Gasteiger partial charge in [0.15, 0.2) is 0 Å². The quantitative estimate of drug-likeness (QED) is 0.662. The minimum atomic E-state index is -1.35. The van der Waals surface area contributed by atoms with Crippen LogP contribution in [0.1, 0.15) is 22.8 Å². The lowest BCUT2D eigenvalue weighted by molar-refractivity contribution is -0.125. The van der Waals surface area contributed by atoms with Crippen LogP contribution in [-0.2, 0) is 11.2 Å². The molecule has 0 aliphatic carbocycles. The molecule has 0 saturated carbocycles. The van der Waals surface area contributed by atoms with Crippen LogP contribution >= 0.6 is 0 Å². The summed E-state index contributed by atoms with van der Waals surface area (Å²) in [5, 5.41) is 11.6. The lowest BCUT2D eigenvalue weighted by Gasteiger charge is -2.10. The summed E-state index contributed by atoms with van der Waals surface area (Å²) in [6, 6.07) is 7.18. The van der Waals surface area contributed by atoms with Crippen molar-refractivity contribution in [3.05, 3.63) is 35.4 Å². The van der Waals surface area contributed by atoms with Crippen molar-refractivity contribution >= 4 is 11.8 Å². The number of benzene rings is 1. The third kappa shape index (κ3) is 3.57. The maximum absolute atomic E-state index is 11.8. The molecule has 2 amide bonds. The van der Waals surface area contributed by atoms with E-state index in [1.54, 1.807) is 12.1 Å². The maximum Gasteiger partial charge on any atom is 0.251 e. The molecule has 0 aromatic heterocycles. The highest BCUT2D eigenvalue weighted by Gasteiger charge is 2.14. The smallest absolute Gasteiger partial charge is 0.251 e. The number of aryl methyl sites for hydroxylation is 1. The predicted molar refractivity (Wildman–Crippen MR) is 63.4 cm³/mol. The van der Waals surface area contributed by atoms with E-state index < -0.39 is 12.0 Å². The molecule has 4 N–H and O–H groups in total. The van der Waals surface area contributed by atoms with E-state index in [2.05, 4.69) is 5.32 Å². The van der Waals surface area contributed by atoms with E-state index in [4.69, 9.17) is 10.8 Å². The van der Waals surface area contributed by atoms with Crippen molar-refractivity contribution in [2.75, 3.05) is 6.54 Å². The van der Waals surface area contributed by atoms with Gasteiger partial charge in [-0.05, 0) is 18.1 Å². The maximum atomic E-state index is 11.8. The van der Waals surface area contributed by atoms with E-state index in [0.29, 0.717) is 5.56 Å². The molecule has 1 unspecified atom stereocenters. The minimum absolute atomic E-state index is 0.174. The van der Waals surface area contributed by atoms with Crippen LogP contribution in [0.2, 0.25) is 0 Å². The van der Waals surface area contributed by atoms with Crippen LogP contribution in [0.25, 0.3) is 0 Å². The largest absolute Gasteiger partial charge is 0.381 e. The SMILES string of the molecule is CCc1ccccc1C(=O)NCC(O)C(N)=O.